The molecular weight excluding hydrogens is 186 g/mol. The third-order valence-electron chi connectivity index (χ3n) is 2.25. The van der Waals surface area contributed by atoms with E-state index in [1.165, 1.54) is 0 Å². The second kappa shape index (κ2) is 9.17. The first-order chi connectivity index (χ1) is 7.02. The van der Waals surface area contributed by atoms with E-state index in [4.69, 9.17) is 4.74 Å². The molecule has 0 bridgehead atoms. The Bertz CT molecular complexity index is 134. The van der Waals surface area contributed by atoms with E-state index < -0.39 is 0 Å². The second-order valence-corrected chi connectivity index (χ2v) is 5.41. The highest BCUT2D eigenvalue weighted by molar-refractivity contribution is 4.58. The number of ether oxygens (including phenoxy) is 1. The van der Waals surface area contributed by atoms with Gasteiger partial charge in [-0.05, 0) is 37.3 Å². The van der Waals surface area contributed by atoms with Gasteiger partial charge in [-0.3, -0.25) is 0 Å². The summed E-state index contributed by atoms with van der Waals surface area (Å²) < 4.78 is 5.57. The van der Waals surface area contributed by atoms with Gasteiger partial charge in [0.15, 0.2) is 0 Å². The summed E-state index contributed by atoms with van der Waals surface area (Å²) in [6.07, 6.45) is 1.16. The van der Waals surface area contributed by atoms with Crippen molar-refractivity contribution < 1.29 is 4.74 Å². The summed E-state index contributed by atoms with van der Waals surface area (Å²) in [4.78, 5) is 0. The van der Waals surface area contributed by atoms with Crippen LogP contribution in [0.1, 0.15) is 41.0 Å². The van der Waals surface area contributed by atoms with Crippen LogP contribution in [0, 0.1) is 17.8 Å². The maximum absolute atomic E-state index is 5.57. The third-order valence-corrected chi connectivity index (χ3v) is 2.25. The van der Waals surface area contributed by atoms with Gasteiger partial charge in [-0.25, -0.2) is 0 Å². The molecule has 0 aromatic carbocycles. The molecule has 0 amide bonds. The average molecular weight is 215 g/mol. The normalized spacial score (nSPS) is 13.8. The van der Waals surface area contributed by atoms with Crippen LogP contribution in [0.4, 0.5) is 0 Å². The summed E-state index contributed by atoms with van der Waals surface area (Å²) in [5.41, 5.74) is 0. The van der Waals surface area contributed by atoms with Gasteiger partial charge in [0, 0.05) is 13.2 Å². The first-order valence-corrected chi connectivity index (χ1v) is 6.30. The average Bonchev–Trinajstić information content (AvgIpc) is 2.11. The Kier molecular flexibility index (Phi) is 9.12. The van der Waals surface area contributed by atoms with Crippen LogP contribution in [0.3, 0.4) is 0 Å². The largest absolute Gasteiger partial charge is 0.381 e. The van der Waals surface area contributed by atoms with Crippen molar-refractivity contribution in [1.82, 2.24) is 5.32 Å². The van der Waals surface area contributed by atoms with Gasteiger partial charge in [-0.1, -0.05) is 34.6 Å². The molecule has 2 nitrogen and oxygen atoms in total. The molecule has 0 spiro atoms. The Morgan fingerprint density at radius 1 is 0.933 bits per heavy atom. The lowest BCUT2D eigenvalue weighted by atomic mass is 10.1. The van der Waals surface area contributed by atoms with Crippen LogP contribution in [0.5, 0.6) is 0 Å². The summed E-state index contributed by atoms with van der Waals surface area (Å²) in [5.74, 6) is 2.12. The zero-order valence-corrected chi connectivity index (χ0v) is 11.2. The first kappa shape index (κ1) is 14.9. The zero-order valence-electron chi connectivity index (χ0n) is 11.2. The predicted octanol–water partition coefficient (Wildman–Crippen LogP) is 2.93. The van der Waals surface area contributed by atoms with Crippen molar-refractivity contribution in [1.29, 1.82) is 0 Å². The van der Waals surface area contributed by atoms with Crippen molar-refractivity contribution in [2.75, 3.05) is 26.3 Å². The van der Waals surface area contributed by atoms with Gasteiger partial charge >= 0.3 is 0 Å². The highest BCUT2D eigenvalue weighted by atomic mass is 16.5. The van der Waals surface area contributed by atoms with Crippen molar-refractivity contribution in [2.45, 2.75) is 41.0 Å². The molecule has 0 fully saturated rings. The van der Waals surface area contributed by atoms with E-state index >= 15 is 0 Å². The van der Waals surface area contributed by atoms with Crippen molar-refractivity contribution in [2.24, 2.45) is 17.8 Å². The van der Waals surface area contributed by atoms with Crippen LogP contribution in [0.2, 0.25) is 0 Å². The Morgan fingerprint density at radius 2 is 1.60 bits per heavy atom. The molecule has 1 unspecified atom stereocenters. The number of rotatable bonds is 9. The van der Waals surface area contributed by atoms with Gasteiger partial charge in [-0.2, -0.15) is 0 Å². The lowest BCUT2D eigenvalue weighted by Gasteiger charge is -2.14. The van der Waals surface area contributed by atoms with E-state index in [9.17, 15) is 0 Å². The van der Waals surface area contributed by atoms with Crippen LogP contribution in [0.25, 0.3) is 0 Å². The molecular formula is C13H29NO. The Balaban J connectivity index is 3.22. The van der Waals surface area contributed by atoms with Crippen molar-refractivity contribution in [3.05, 3.63) is 0 Å². The lowest BCUT2D eigenvalue weighted by molar-refractivity contribution is 0.0992. The van der Waals surface area contributed by atoms with E-state index in [-0.39, 0.29) is 0 Å². The van der Waals surface area contributed by atoms with Gasteiger partial charge in [0.05, 0.1) is 0 Å². The summed E-state index contributed by atoms with van der Waals surface area (Å²) in [6.45, 7) is 15.2. The van der Waals surface area contributed by atoms with E-state index in [0.29, 0.717) is 5.92 Å². The molecule has 0 aliphatic rings. The summed E-state index contributed by atoms with van der Waals surface area (Å²) in [7, 11) is 0. The highest BCUT2D eigenvalue weighted by Gasteiger charge is 2.02. The Morgan fingerprint density at radius 3 is 2.13 bits per heavy atom. The first-order valence-electron chi connectivity index (χ1n) is 6.30. The van der Waals surface area contributed by atoms with Crippen molar-refractivity contribution >= 4 is 0 Å². The monoisotopic (exact) mass is 215 g/mol. The standard InChI is InChI=1S/C13H29NO/c1-11(2)8-14-9-13(5)6-7-15-10-12(3)4/h11-14H,6-10H2,1-5H3. The minimum atomic E-state index is 0.652. The molecule has 0 aromatic rings. The SMILES string of the molecule is CC(C)CNCC(C)CCOCC(C)C. The maximum Gasteiger partial charge on any atom is 0.0488 e. The molecule has 92 valence electrons. The van der Waals surface area contributed by atoms with Crippen LogP contribution in [-0.4, -0.2) is 26.3 Å². The van der Waals surface area contributed by atoms with Gasteiger partial charge in [0.1, 0.15) is 0 Å². The molecule has 15 heavy (non-hydrogen) atoms. The highest BCUT2D eigenvalue weighted by Crippen LogP contribution is 2.02. The summed E-state index contributed by atoms with van der Waals surface area (Å²) >= 11 is 0. The molecule has 1 N–H and O–H groups in total. The molecule has 0 radical (unpaired) electrons. The molecule has 0 aliphatic heterocycles. The lowest BCUT2D eigenvalue weighted by Crippen LogP contribution is -2.25. The van der Waals surface area contributed by atoms with Crippen LogP contribution < -0.4 is 5.32 Å². The van der Waals surface area contributed by atoms with Crippen LogP contribution in [-0.2, 0) is 4.74 Å². The fourth-order valence-corrected chi connectivity index (χ4v) is 1.32. The fourth-order valence-electron chi connectivity index (χ4n) is 1.32. The fraction of sp³-hybridized carbons (Fsp3) is 1.00. The van der Waals surface area contributed by atoms with Crippen LogP contribution in [0.15, 0.2) is 0 Å². The molecule has 0 heterocycles. The number of hydrogen-bond acceptors (Lipinski definition) is 2. The zero-order chi connectivity index (χ0) is 11.7. The van der Waals surface area contributed by atoms with E-state index in [1.807, 2.05) is 0 Å². The van der Waals surface area contributed by atoms with Gasteiger partial charge in [-0.15, -0.1) is 0 Å². The molecule has 0 saturated heterocycles. The van der Waals surface area contributed by atoms with Gasteiger partial charge < -0.3 is 10.1 Å². The quantitative estimate of drug-likeness (QED) is 0.597. The Hall–Kier alpha value is -0.0800. The predicted molar refractivity (Wildman–Crippen MR) is 67.1 cm³/mol. The molecule has 0 saturated carbocycles. The van der Waals surface area contributed by atoms with Crippen molar-refractivity contribution in [3.8, 4) is 0 Å². The van der Waals surface area contributed by atoms with Gasteiger partial charge in [0.2, 0.25) is 0 Å². The van der Waals surface area contributed by atoms with E-state index in [0.717, 1.165) is 44.6 Å². The molecule has 0 aliphatic carbocycles. The Labute approximate surface area is 95.8 Å². The third kappa shape index (κ3) is 11.8. The summed E-state index contributed by atoms with van der Waals surface area (Å²) in [5, 5.41) is 3.48. The molecule has 1 atom stereocenters. The van der Waals surface area contributed by atoms with E-state index in [2.05, 4.69) is 39.9 Å². The number of nitrogens with one attached hydrogen (secondary N) is 1. The van der Waals surface area contributed by atoms with E-state index in [1.54, 1.807) is 0 Å². The number of hydrogen-bond donors (Lipinski definition) is 1. The smallest absolute Gasteiger partial charge is 0.0488 e. The minimum Gasteiger partial charge on any atom is -0.381 e. The van der Waals surface area contributed by atoms with Crippen LogP contribution >= 0.6 is 0 Å². The second-order valence-electron chi connectivity index (χ2n) is 5.41. The minimum absolute atomic E-state index is 0.652. The summed E-state index contributed by atoms with van der Waals surface area (Å²) in [6, 6.07) is 0. The molecule has 2 heteroatoms. The molecule has 0 rings (SSSR count). The van der Waals surface area contributed by atoms with Crippen molar-refractivity contribution in [3.63, 3.8) is 0 Å². The topological polar surface area (TPSA) is 21.3 Å². The molecule has 0 aromatic heterocycles. The van der Waals surface area contributed by atoms with Gasteiger partial charge in [0.25, 0.3) is 0 Å². The maximum atomic E-state index is 5.57.